The van der Waals surface area contributed by atoms with Crippen LogP contribution in [0, 0.1) is 0 Å². The maximum absolute atomic E-state index is 12.6. The number of carbonyl (C=O) groups is 2. The molecule has 0 bridgehead atoms. The highest BCUT2D eigenvalue weighted by Gasteiger charge is 2.39. The number of carboxylic acid groups (broad SMARTS) is 1. The number of benzene rings is 1. The highest BCUT2D eigenvalue weighted by atomic mass is 16.4. The first-order valence-electron chi connectivity index (χ1n) is 8.53. The average Bonchev–Trinajstić information content (AvgIpc) is 2.63. The van der Waals surface area contributed by atoms with Crippen molar-refractivity contribution in [1.82, 2.24) is 19.8 Å². The maximum Gasteiger partial charge on any atom is 0.412 e. The van der Waals surface area contributed by atoms with E-state index < -0.39 is 6.09 Å². The molecule has 2 heterocycles. The summed E-state index contributed by atoms with van der Waals surface area (Å²) in [6, 6.07) is 5.46. The van der Waals surface area contributed by atoms with Crippen LogP contribution in [-0.4, -0.2) is 49.5 Å². The van der Waals surface area contributed by atoms with Crippen LogP contribution in [0.1, 0.15) is 24.8 Å². The molecule has 0 spiro atoms. The maximum atomic E-state index is 12.6. The number of amides is 2. The van der Waals surface area contributed by atoms with E-state index in [1.807, 2.05) is 24.3 Å². The summed E-state index contributed by atoms with van der Waals surface area (Å²) < 4.78 is 0. The van der Waals surface area contributed by atoms with Crippen molar-refractivity contribution in [3.05, 3.63) is 41.9 Å². The fourth-order valence-electron chi connectivity index (χ4n) is 3.74. The number of hydrogen-bond acceptors (Lipinski definition) is 5. The molecular formula is C18H19N5O3. The Hall–Kier alpha value is -3.16. The number of nitrogens with two attached hydrogens (primary N) is 1. The summed E-state index contributed by atoms with van der Waals surface area (Å²) in [5.41, 5.74) is 8.23. The first kappa shape index (κ1) is 16.3. The van der Waals surface area contributed by atoms with Crippen LogP contribution < -0.4 is 5.73 Å². The van der Waals surface area contributed by atoms with Crippen LogP contribution in [0.5, 0.6) is 0 Å². The van der Waals surface area contributed by atoms with Gasteiger partial charge in [-0.2, -0.15) is 0 Å². The van der Waals surface area contributed by atoms with E-state index in [4.69, 9.17) is 5.73 Å². The zero-order chi connectivity index (χ0) is 18.3. The van der Waals surface area contributed by atoms with Crippen molar-refractivity contribution in [2.24, 2.45) is 0 Å². The molecule has 2 amide bonds. The van der Waals surface area contributed by atoms with E-state index in [9.17, 15) is 14.7 Å². The van der Waals surface area contributed by atoms with Crippen LogP contribution in [-0.2, 0) is 11.3 Å². The molecule has 1 saturated heterocycles. The lowest BCUT2D eigenvalue weighted by molar-refractivity contribution is -0.137. The predicted octanol–water partition coefficient (Wildman–Crippen LogP) is 1.97. The Kier molecular flexibility index (Phi) is 3.95. The van der Waals surface area contributed by atoms with Crippen molar-refractivity contribution in [2.75, 3.05) is 12.3 Å². The minimum absolute atomic E-state index is 0.139. The number of hydrogen-bond donors (Lipinski definition) is 2. The van der Waals surface area contributed by atoms with Crippen LogP contribution in [0.25, 0.3) is 10.9 Å². The molecule has 1 aromatic heterocycles. The Morgan fingerprint density at radius 3 is 3.00 bits per heavy atom. The molecule has 1 aromatic carbocycles. The molecule has 2 aromatic rings. The molecular weight excluding hydrogens is 334 g/mol. The molecule has 1 aliphatic heterocycles. The fourth-order valence-corrected chi connectivity index (χ4v) is 3.74. The summed E-state index contributed by atoms with van der Waals surface area (Å²) >= 11 is 0. The van der Waals surface area contributed by atoms with Crippen molar-refractivity contribution in [1.29, 1.82) is 0 Å². The summed E-state index contributed by atoms with van der Waals surface area (Å²) in [5.74, 6) is 0.240. The minimum atomic E-state index is -1.07. The van der Waals surface area contributed by atoms with Gasteiger partial charge in [0.2, 0.25) is 5.91 Å². The molecule has 2 aliphatic rings. The lowest BCUT2D eigenvalue weighted by Crippen LogP contribution is -2.56. The average molecular weight is 353 g/mol. The summed E-state index contributed by atoms with van der Waals surface area (Å²) in [6.45, 7) is 0.272. The number of fused-ring (bicyclic) bond motifs is 2. The summed E-state index contributed by atoms with van der Waals surface area (Å²) in [7, 11) is 0. The number of carbonyl (C=O) groups excluding carboxylic acids is 1. The second-order valence-corrected chi connectivity index (χ2v) is 6.58. The second kappa shape index (κ2) is 6.29. The molecule has 3 N–H and O–H groups in total. The third-order valence-corrected chi connectivity index (χ3v) is 4.99. The van der Waals surface area contributed by atoms with Gasteiger partial charge in [-0.05, 0) is 37.0 Å². The number of anilines is 1. The van der Waals surface area contributed by atoms with E-state index in [0.717, 1.165) is 41.4 Å². The summed E-state index contributed by atoms with van der Waals surface area (Å²) in [4.78, 5) is 35.3. The first-order chi connectivity index (χ1) is 12.5. The molecule has 4 rings (SSSR count). The van der Waals surface area contributed by atoms with Gasteiger partial charge in [0.1, 0.15) is 18.7 Å². The van der Waals surface area contributed by atoms with E-state index in [-0.39, 0.29) is 18.5 Å². The van der Waals surface area contributed by atoms with Gasteiger partial charge < -0.3 is 15.7 Å². The molecule has 1 fully saturated rings. The zero-order valence-electron chi connectivity index (χ0n) is 14.1. The smallest absolute Gasteiger partial charge is 0.412 e. The number of nitrogens with zero attached hydrogens (tertiary/aromatic N) is 4. The normalized spacial score (nSPS) is 20.1. The molecule has 0 radical (unpaired) electrons. The highest BCUT2D eigenvalue weighted by molar-refractivity contribution is 5.88. The predicted molar refractivity (Wildman–Crippen MR) is 95.0 cm³/mol. The van der Waals surface area contributed by atoms with Gasteiger partial charge in [0.15, 0.2) is 0 Å². The monoisotopic (exact) mass is 353 g/mol. The molecule has 8 nitrogen and oxygen atoms in total. The van der Waals surface area contributed by atoms with Gasteiger partial charge in [-0.1, -0.05) is 12.1 Å². The molecule has 134 valence electrons. The number of aromatic nitrogens is 2. The lowest BCUT2D eigenvalue weighted by atomic mass is 9.94. The minimum Gasteiger partial charge on any atom is -0.465 e. The largest absolute Gasteiger partial charge is 0.465 e. The molecule has 1 aliphatic carbocycles. The fraction of sp³-hybridized carbons (Fsp3) is 0.333. The van der Waals surface area contributed by atoms with Gasteiger partial charge in [0.05, 0.1) is 11.6 Å². The highest BCUT2D eigenvalue weighted by Crippen LogP contribution is 2.31. The molecule has 1 atom stereocenters. The SMILES string of the molecule is Nc1ncnc2cc(CN3C(=O)CN(C(=O)O)C4=CCCCC43)ccc12. The summed E-state index contributed by atoms with van der Waals surface area (Å²) in [5, 5.41) is 10.2. The van der Waals surface area contributed by atoms with Gasteiger partial charge >= 0.3 is 6.09 Å². The van der Waals surface area contributed by atoms with Crippen molar-refractivity contribution in [2.45, 2.75) is 31.8 Å². The molecule has 26 heavy (non-hydrogen) atoms. The van der Waals surface area contributed by atoms with Gasteiger partial charge in [-0.3, -0.25) is 9.69 Å². The van der Waals surface area contributed by atoms with Crippen molar-refractivity contribution in [3.63, 3.8) is 0 Å². The topological polar surface area (TPSA) is 113 Å². The Morgan fingerprint density at radius 1 is 1.35 bits per heavy atom. The standard InChI is InChI=1S/C18H19N5O3/c19-17-12-6-5-11(7-13(12)20-10-21-17)8-22-14-3-1-2-4-15(14)23(18(25)26)9-16(22)24/h4-7,10,14H,1-3,8-9H2,(H,25,26)(H2,19,20,21). The van der Waals surface area contributed by atoms with E-state index in [2.05, 4.69) is 9.97 Å². The van der Waals surface area contributed by atoms with E-state index >= 15 is 0 Å². The Bertz CT molecular complexity index is 926. The van der Waals surface area contributed by atoms with E-state index in [1.165, 1.54) is 11.2 Å². The van der Waals surface area contributed by atoms with Gasteiger partial charge in [-0.25, -0.2) is 14.8 Å². The van der Waals surface area contributed by atoms with Gasteiger partial charge in [0, 0.05) is 17.6 Å². The number of nitrogen functional groups attached to an aromatic ring is 1. The quantitative estimate of drug-likeness (QED) is 0.853. The van der Waals surface area contributed by atoms with Gasteiger partial charge in [-0.15, -0.1) is 0 Å². The van der Waals surface area contributed by atoms with Crippen molar-refractivity contribution < 1.29 is 14.7 Å². The number of allylic oxidation sites excluding steroid dienone is 1. The molecule has 0 saturated carbocycles. The zero-order valence-corrected chi connectivity index (χ0v) is 14.1. The van der Waals surface area contributed by atoms with Crippen LogP contribution >= 0.6 is 0 Å². The van der Waals surface area contributed by atoms with Crippen LogP contribution in [0.3, 0.4) is 0 Å². The molecule has 1 unspecified atom stereocenters. The van der Waals surface area contributed by atoms with E-state index in [0.29, 0.717) is 12.4 Å². The molecule has 8 heteroatoms. The van der Waals surface area contributed by atoms with Crippen molar-refractivity contribution >= 4 is 28.7 Å². The van der Waals surface area contributed by atoms with E-state index in [1.54, 1.807) is 4.90 Å². The Morgan fingerprint density at radius 2 is 2.19 bits per heavy atom. The van der Waals surface area contributed by atoms with Crippen LogP contribution in [0.4, 0.5) is 10.6 Å². The Labute approximate surface area is 149 Å². The number of piperazine rings is 1. The van der Waals surface area contributed by atoms with Crippen LogP contribution in [0.15, 0.2) is 36.3 Å². The third-order valence-electron chi connectivity index (χ3n) is 4.99. The summed E-state index contributed by atoms with van der Waals surface area (Å²) in [6.07, 6.45) is 4.82. The second-order valence-electron chi connectivity index (χ2n) is 6.58. The van der Waals surface area contributed by atoms with Gasteiger partial charge in [0.25, 0.3) is 0 Å². The third kappa shape index (κ3) is 2.73. The van der Waals surface area contributed by atoms with Crippen LogP contribution in [0.2, 0.25) is 0 Å². The first-order valence-corrected chi connectivity index (χ1v) is 8.53. The number of rotatable bonds is 2. The lowest BCUT2D eigenvalue weighted by Gasteiger charge is -2.43. The van der Waals surface area contributed by atoms with Crippen molar-refractivity contribution in [3.8, 4) is 0 Å². The Balaban J connectivity index is 1.65.